The van der Waals surface area contributed by atoms with E-state index >= 15 is 0 Å². The molecule has 0 unspecified atom stereocenters. The number of fused-ring (bicyclic) bond motifs is 1. The lowest BCUT2D eigenvalue weighted by atomic mass is 9.83. The zero-order chi connectivity index (χ0) is 23.2. The maximum atomic E-state index is 13.3. The van der Waals surface area contributed by atoms with Crippen molar-refractivity contribution in [2.45, 2.75) is 44.2 Å². The minimum atomic E-state index is -0.566. The molecule has 3 aromatic rings. The summed E-state index contributed by atoms with van der Waals surface area (Å²) >= 11 is 0. The van der Waals surface area contributed by atoms with Crippen LogP contribution in [-0.2, 0) is 10.2 Å². The third-order valence-electron chi connectivity index (χ3n) is 6.67. The third-order valence-corrected chi connectivity index (χ3v) is 6.67. The molecule has 1 saturated carbocycles. The lowest BCUT2D eigenvalue weighted by Gasteiger charge is -2.46. The molecule has 1 aliphatic carbocycles. The van der Waals surface area contributed by atoms with E-state index < -0.39 is 5.41 Å². The Bertz CT molecular complexity index is 1110. The van der Waals surface area contributed by atoms with Crippen LogP contribution >= 0.6 is 0 Å². The van der Waals surface area contributed by atoms with Gasteiger partial charge in [-0.15, -0.1) is 0 Å². The van der Waals surface area contributed by atoms with E-state index in [1.54, 1.807) is 32.8 Å². The standard InChI is InChI=1S/C25H27N5O3/c1-25(2)20-6-5-11-26-23(20)30(24(25)31)17-12-16(13-17)29(21-9-7-18(32-3)14-27-21)22-10-8-19(33-4)15-28-22/h5-11,14-17H,12-13H2,1-4H3/t16-,17-. The fraction of sp³-hybridized carbons (Fsp3) is 0.360. The van der Waals surface area contributed by atoms with Crippen LogP contribution in [0, 0.1) is 0 Å². The van der Waals surface area contributed by atoms with Crippen molar-refractivity contribution >= 4 is 23.4 Å². The van der Waals surface area contributed by atoms with Crippen LogP contribution in [0.2, 0.25) is 0 Å². The number of aromatic nitrogens is 3. The number of nitrogens with zero attached hydrogens (tertiary/aromatic N) is 5. The molecule has 1 fully saturated rings. The number of ether oxygens (including phenoxy) is 2. The highest BCUT2D eigenvalue weighted by Gasteiger charge is 2.51. The maximum Gasteiger partial charge on any atom is 0.238 e. The fourth-order valence-corrected chi connectivity index (χ4v) is 4.67. The molecule has 0 radical (unpaired) electrons. The van der Waals surface area contributed by atoms with Crippen molar-refractivity contribution in [3.05, 3.63) is 60.6 Å². The lowest BCUT2D eigenvalue weighted by Crippen LogP contribution is -2.55. The van der Waals surface area contributed by atoms with Gasteiger partial charge in [-0.05, 0) is 57.0 Å². The number of methoxy groups -OCH3 is 2. The first-order chi connectivity index (χ1) is 15.9. The van der Waals surface area contributed by atoms with Crippen LogP contribution < -0.4 is 19.3 Å². The molecule has 0 saturated heterocycles. The Morgan fingerprint density at radius 1 is 0.939 bits per heavy atom. The van der Waals surface area contributed by atoms with Gasteiger partial charge in [-0.2, -0.15) is 0 Å². The molecule has 0 spiro atoms. The van der Waals surface area contributed by atoms with Gasteiger partial charge in [0.15, 0.2) is 0 Å². The molecule has 2 aliphatic rings. The molecule has 1 aliphatic heterocycles. The first-order valence-electron chi connectivity index (χ1n) is 11.0. The maximum absolute atomic E-state index is 13.3. The summed E-state index contributed by atoms with van der Waals surface area (Å²) < 4.78 is 10.5. The predicted octanol–water partition coefficient (Wildman–Crippen LogP) is 3.88. The number of anilines is 3. The summed E-state index contributed by atoms with van der Waals surface area (Å²) in [5.74, 6) is 3.84. The molecular formula is C25H27N5O3. The SMILES string of the molecule is COc1ccc(N(c2ccc(OC)cn2)[C@H]2C[C@H](N3C(=O)C(C)(C)c4cccnc43)C2)nc1. The van der Waals surface area contributed by atoms with Crippen molar-refractivity contribution in [2.75, 3.05) is 24.0 Å². The van der Waals surface area contributed by atoms with Gasteiger partial charge in [0, 0.05) is 23.8 Å². The van der Waals surface area contributed by atoms with E-state index in [0.29, 0.717) is 11.5 Å². The van der Waals surface area contributed by atoms with Crippen LogP contribution in [0.25, 0.3) is 0 Å². The van der Waals surface area contributed by atoms with Gasteiger partial charge in [-0.3, -0.25) is 9.69 Å². The van der Waals surface area contributed by atoms with Crippen molar-refractivity contribution in [2.24, 2.45) is 0 Å². The molecule has 0 atom stereocenters. The summed E-state index contributed by atoms with van der Waals surface area (Å²) in [5, 5.41) is 0. The second kappa shape index (κ2) is 8.03. The van der Waals surface area contributed by atoms with Crippen LogP contribution in [0.4, 0.5) is 17.5 Å². The van der Waals surface area contributed by atoms with E-state index in [1.807, 2.05) is 55.1 Å². The van der Waals surface area contributed by atoms with Gasteiger partial charge in [0.1, 0.15) is 29.0 Å². The number of pyridine rings is 3. The molecule has 8 heteroatoms. The quantitative estimate of drug-likeness (QED) is 0.570. The molecule has 33 heavy (non-hydrogen) atoms. The molecular weight excluding hydrogens is 418 g/mol. The van der Waals surface area contributed by atoms with Gasteiger partial charge in [-0.1, -0.05) is 6.07 Å². The van der Waals surface area contributed by atoms with Crippen molar-refractivity contribution in [1.82, 2.24) is 15.0 Å². The fourth-order valence-electron chi connectivity index (χ4n) is 4.67. The molecule has 0 N–H and O–H groups in total. The zero-order valence-electron chi connectivity index (χ0n) is 19.2. The lowest BCUT2D eigenvalue weighted by molar-refractivity contribution is -0.123. The minimum Gasteiger partial charge on any atom is -0.495 e. The molecule has 4 heterocycles. The average molecular weight is 446 g/mol. The number of hydrogen-bond acceptors (Lipinski definition) is 7. The van der Waals surface area contributed by atoms with Gasteiger partial charge < -0.3 is 14.4 Å². The average Bonchev–Trinajstić information content (AvgIpc) is 3.02. The van der Waals surface area contributed by atoms with E-state index in [1.165, 1.54) is 0 Å². The van der Waals surface area contributed by atoms with Crippen LogP contribution in [-0.4, -0.2) is 47.2 Å². The van der Waals surface area contributed by atoms with Crippen LogP contribution in [0.5, 0.6) is 11.5 Å². The van der Waals surface area contributed by atoms with Gasteiger partial charge in [0.05, 0.1) is 32.0 Å². The highest BCUT2D eigenvalue weighted by atomic mass is 16.5. The van der Waals surface area contributed by atoms with Gasteiger partial charge in [0.25, 0.3) is 0 Å². The van der Waals surface area contributed by atoms with Crippen molar-refractivity contribution in [1.29, 1.82) is 0 Å². The zero-order valence-corrected chi connectivity index (χ0v) is 19.2. The molecule has 0 bridgehead atoms. The highest BCUT2D eigenvalue weighted by Crippen LogP contribution is 2.46. The minimum absolute atomic E-state index is 0.0805. The highest BCUT2D eigenvalue weighted by molar-refractivity contribution is 6.07. The predicted molar refractivity (Wildman–Crippen MR) is 125 cm³/mol. The van der Waals surface area contributed by atoms with Crippen LogP contribution in [0.15, 0.2) is 55.0 Å². The monoisotopic (exact) mass is 445 g/mol. The topological polar surface area (TPSA) is 80.7 Å². The molecule has 8 nitrogen and oxygen atoms in total. The van der Waals surface area contributed by atoms with E-state index in [0.717, 1.165) is 35.9 Å². The molecule has 0 aromatic carbocycles. The third kappa shape index (κ3) is 3.46. The Labute approximate surface area is 193 Å². The summed E-state index contributed by atoms with van der Waals surface area (Å²) in [6.45, 7) is 3.95. The largest absolute Gasteiger partial charge is 0.495 e. The van der Waals surface area contributed by atoms with Gasteiger partial charge in [-0.25, -0.2) is 15.0 Å². The number of carbonyl (C=O) groups is 1. The number of hydrogen-bond donors (Lipinski definition) is 0. The summed E-state index contributed by atoms with van der Waals surface area (Å²) in [6.07, 6.45) is 6.74. The second-order valence-corrected chi connectivity index (χ2v) is 8.94. The van der Waals surface area contributed by atoms with Gasteiger partial charge >= 0.3 is 0 Å². The molecule has 3 aromatic heterocycles. The Morgan fingerprint density at radius 3 is 2.06 bits per heavy atom. The summed E-state index contributed by atoms with van der Waals surface area (Å²) in [7, 11) is 3.24. The number of carbonyl (C=O) groups excluding carboxylic acids is 1. The van der Waals surface area contributed by atoms with Crippen molar-refractivity contribution in [3.63, 3.8) is 0 Å². The number of rotatable bonds is 6. The van der Waals surface area contributed by atoms with E-state index in [9.17, 15) is 4.79 Å². The summed E-state index contributed by atoms with van der Waals surface area (Å²) in [5.41, 5.74) is 0.424. The van der Waals surface area contributed by atoms with E-state index in [2.05, 4.69) is 19.9 Å². The van der Waals surface area contributed by atoms with Crippen LogP contribution in [0.3, 0.4) is 0 Å². The van der Waals surface area contributed by atoms with E-state index in [4.69, 9.17) is 9.47 Å². The smallest absolute Gasteiger partial charge is 0.238 e. The van der Waals surface area contributed by atoms with Crippen molar-refractivity contribution in [3.8, 4) is 11.5 Å². The second-order valence-electron chi connectivity index (χ2n) is 8.94. The van der Waals surface area contributed by atoms with Crippen LogP contribution in [0.1, 0.15) is 32.3 Å². The molecule has 1 amide bonds. The van der Waals surface area contributed by atoms with E-state index in [-0.39, 0.29) is 18.0 Å². The van der Waals surface area contributed by atoms with Gasteiger partial charge in [0.2, 0.25) is 5.91 Å². The van der Waals surface area contributed by atoms with Crippen molar-refractivity contribution < 1.29 is 14.3 Å². The number of amides is 1. The summed E-state index contributed by atoms with van der Waals surface area (Å²) in [4.78, 5) is 31.1. The Balaban J connectivity index is 1.43. The Morgan fingerprint density at radius 2 is 1.55 bits per heavy atom. The normalized spacial score (nSPS) is 20.7. The summed E-state index contributed by atoms with van der Waals surface area (Å²) in [6, 6.07) is 11.8. The first-order valence-corrected chi connectivity index (χ1v) is 11.0. The first kappa shape index (κ1) is 21.2. The molecule has 5 rings (SSSR count). The Kier molecular flexibility index (Phi) is 5.15. The molecule has 170 valence electrons. The Hall–Kier alpha value is -3.68.